The molecule has 14 heavy (non-hydrogen) atoms. The van der Waals surface area contributed by atoms with Crippen LogP contribution in [0.4, 0.5) is 0 Å². The molecular formula is C10H13Cl2NO. The zero-order valence-electron chi connectivity index (χ0n) is 7.93. The van der Waals surface area contributed by atoms with Gasteiger partial charge in [-0.2, -0.15) is 0 Å². The summed E-state index contributed by atoms with van der Waals surface area (Å²) in [6.07, 6.45) is 1.44. The molecule has 1 rings (SSSR count). The molecule has 1 unspecified atom stereocenters. The maximum Gasteiger partial charge on any atom is 0.137 e. The van der Waals surface area contributed by atoms with Gasteiger partial charge in [0.2, 0.25) is 0 Å². The van der Waals surface area contributed by atoms with E-state index in [1.54, 1.807) is 6.07 Å². The molecule has 0 saturated carbocycles. The largest absolute Gasteiger partial charge is 0.506 e. The fraction of sp³-hybridized carbons (Fsp3) is 0.400. The fourth-order valence-electron chi connectivity index (χ4n) is 1.20. The monoisotopic (exact) mass is 233 g/mol. The van der Waals surface area contributed by atoms with E-state index in [0.29, 0.717) is 17.0 Å². The third kappa shape index (κ3) is 2.77. The van der Waals surface area contributed by atoms with Crippen molar-refractivity contribution in [2.45, 2.75) is 25.8 Å². The molecule has 0 radical (unpaired) electrons. The molecule has 4 heteroatoms. The summed E-state index contributed by atoms with van der Waals surface area (Å²) >= 11 is 11.6. The number of nitrogens with two attached hydrogens (primary N) is 1. The Labute approximate surface area is 93.6 Å². The van der Waals surface area contributed by atoms with Crippen molar-refractivity contribution in [1.29, 1.82) is 0 Å². The van der Waals surface area contributed by atoms with Gasteiger partial charge in [-0.25, -0.2) is 0 Å². The molecule has 0 aromatic heterocycles. The van der Waals surface area contributed by atoms with Gasteiger partial charge in [0.15, 0.2) is 0 Å². The van der Waals surface area contributed by atoms with E-state index in [4.69, 9.17) is 28.9 Å². The van der Waals surface area contributed by atoms with Gasteiger partial charge in [-0.1, -0.05) is 30.1 Å². The Balaban J connectivity index is 2.96. The first-order valence-corrected chi connectivity index (χ1v) is 5.22. The molecular weight excluding hydrogens is 221 g/mol. The summed E-state index contributed by atoms with van der Waals surface area (Å²) in [5, 5.41) is 10.4. The van der Waals surface area contributed by atoms with E-state index in [-0.39, 0.29) is 16.8 Å². The molecule has 0 saturated heterocycles. The van der Waals surface area contributed by atoms with Crippen molar-refractivity contribution in [3.63, 3.8) is 0 Å². The molecule has 0 bridgehead atoms. The molecule has 0 aliphatic rings. The highest BCUT2D eigenvalue weighted by Crippen LogP contribution is 2.31. The summed E-state index contributed by atoms with van der Waals surface area (Å²) in [4.78, 5) is 0. The number of halogens is 2. The van der Waals surface area contributed by atoms with Gasteiger partial charge >= 0.3 is 0 Å². The highest BCUT2D eigenvalue weighted by atomic mass is 35.5. The van der Waals surface area contributed by atoms with Crippen LogP contribution in [-0.2, 0) is 6.42 Å². The Kier molecular flexibility index (Phi) is 4.05. The van der Waals surface area contributed by atoms with Crippen LogP contribution in [0, 0.1) is 0 Å². The molecule has 1 aromatic rings. The average Bonchev–Trinajstić information content (AvgIpc) is 2.13. The molecule has 0 aliphatic carbocycles. The molecule has 0 spiro atoms. The van der Waals surface area contributed by atoms with E-state index in [1.807, 2.05) is 6.92 Å². The number of rotatable bonds is 3. The van der Waals surface area contributed by atoms with E-state index in [2.05, 4.69) is 0 Å². The van der Waals surface area contributed by atoms with Crippen molar-refractivity contribution < 1.29 is 5.11 Å². The van der Waals surface area contributed by atoms with Gasteiger partial charge in [-0.3, -0.25) is 0 Å². The zero-order chi connectivity index (χ0) is 10.7. The topological polar surface area (TPSA) is 46.2 Å². The Morgan fingerprint density at radius 2 is 2.07 bits per heavy atom. The lowest BCUT2D eigenvalue weighted by molar-refractivity contribution is 0.464. The predicted molar refractivity (Wildman–Crippen MR) is 60.1 cm³/mol. The van der Waals surface area contributed by atoms with Crippen LogP contribution >= 0.6 is 23.2 Å². The summed E-state index contributed by atoms with van der Waals surface area (Å²) in [6.45, 7) is 1.99. The smallest absolute Gasteiger partial charge is 0.137 e. The first-order valence-electron chi connectivity index (χ1n) is 4.47. The van der Waals surface area contributed by atoms with E-state index in [0.717, 1.165) is 6.42 Å². The summed E-state index contributed by atoms with van der Waals surface area (Å²) in [6, 6.07) is 3.23. The van der Waals surface area contributed by atoms with Crippen LogP contribution in [-0.4, -0.2) is 11.1 Å². The molecule has 0 heterocycles. The van der Waals surface area contributed by atoms with Crippen LogP contribution in [0.25, 0.3) is 0 Å². The third-order valence-electron chi connectivity index (χ3n) is 2.11. The molecule has 2 nitrogen and oxygen atoms in total. The van der Waals surface area contributed by atoms with Crippen LogP contribution < -0.4 is 5.73 Å². The van der Waals surface area contributed by atoms with Crippen LogP contribution in [0.2, 0.25) is 10.0 Å². The number of phenolic OH excluding ortho intramolecular Hbond substituents is 1. The van der Waals surface area contributed by atoms with Crippen molar-refractivity contribution in [3.05, 3.63) is 27.7 Å². The van der Waals surface area contributed by atoms with E-state index in [9.17, 15) is 5.11 Å². The molecule has 0 aliphatic heterocycles. The summed E-state index contributed by atoms with van der Waals surface area (Å²) in [5.41, 5.74) is 6.48. The second-order valence-corrected chi connectivity index (χ2v) is 4.11. The molecule has 78 valence electrons. The van der Waals surface area contributed by atoms with E-state index < -0.39 is 0 Å². The van der Waals surface area contributed by atoms with Crippen molar-refractivity contribution in [3.8, 4) is 5.75 Å². The number of phenols is 1. The van der Waals surface area contributed by atoms with Crippen LogP contribution in [0.5, 0.6) is 5.75 Å². The lowest BCUT2D eigenvalue weighted by Crippen LogP contribution is -2.21. The minimum atomic E-state index is 0.0235. The quantitative estimate of drug-likeness (QED) is 0.844. The Morgan fingerprint density at radius 3 is 2.64 bits per heavy atom. The van der Waals surface area contributed by atoms with Crippen molar-refractivity contribution in [2.75, 3.05) is 0 Å². The minimum Gasteiger partial charge on any atom is -0.506 e. The molecule has 1 aromatic carbocycles. The second kappa shape index (κ2) is 4.87. The van der Waals surface area contributed by atoms with Crippen molar-refractivity contribution in [2.24, 2.45) is 5.73 Å². The van der Waals surface area contributed by atoms with E-state index in [1.165, 1.54) is 6.07 Å². The fourth-order valence-corrected chi connectivity index (χ4v) is 1.74. The summed E-state index contributed by atoms with van der Waals surface area (Å²) in [7, 11) is 0. The van der Waals surface area contributed by atoms with Gasteiger partial charge < -0.3 is 10.8 Å². The number of hydrogen-bond donors (Lipinski definition) is 2. The van der Waals surface area contributed by atoms with Gasteiger partial charge in [-0.15, -0.1) is 0 Å². The minimum absolute atomic E-state index is 0.0235. The lowest BCUT2D eigenvalue weighted by atomic mass is 10.0. The predicted octanol–water partition coefficient (Wildman–Crippen LogP) is 2.98. The lowest BCUT2D eigenvalue weighted by Gasteiger charge is -2.11. The van der Waals surface area contributed by atoms with Gasteiger partial charge in [0, 0.05) is 11.1 Å². The van der Waals surface area contributed by atoms with Crippen molar-refractivity contribution >= 4 is 23.2 Å². The average molecular weight is 234 g/mol. The van der Waals surface area contributed by atoms with Crippen molar-refractivity contribution in [1.82, 2.24) is 0 Å². The highest BCUT2D eigenvalue weighted by Gasteiger charge is 2.10. The Morgan fingerprint density at radius 1 is 1.43 bits per heavy atom. The SMILES string of the molecule is CCC(N)Cc1cc(Cl)cc(Cl)c1O. The van der Waals surface area contributed by atoms with Crippen LogP contribution in [0.15, 0.2) is 12.1 Å². The highest BCUT2D eigenvalue weighted by molar-refractivity contribution is 6.35. The Hall–Kier alpha value is -0.440. The van der Waals surface area contributed by atoms with Crippen LogP contribution in [0.1, 0.15) is 18.9 Å². The number of benzene rings is 1. The summed E-state index contributed by atoms with van der Waals surface area (Å²) < 4.78 is 0. The zero-order valence-corrected chi connectivity index (χ0v) is 9.44. The number of hydrogen-bond acceptors (Lipinski definition) is 2. The Bertz CT molecular complexity index is 328. The maximum atomic E-state index is 9.62. The first-order chi connectivity index (χ1) is 6.54. The maximum absolute atomic E-state index is 9.62. The van der Waals surface area contributed by atoms with Gasteiger partial charge in [0.25, 0.3) is 0 Å². The standard InChI is InChI=1S/C10H13Cl2NO/c1-2-8(13)4-6-3-7(11)5-9(12)10(6)14/h3,5,8,14H,2,4,13H2,1H3. The second-order valence-electron chi connectivity index (χ2n) is 3.27. The normalized spacial score (nSPS) is 12.9. The third-order valence-corrected chi connectivity index (χ3v) is 2.62. The molecule has 0 amide bonds. The first kappa shape index (κ1) is 11.6. The molecule has 1 atom stereocenters. The summed E-state index contributed by atoms with van der Waals surface area (Å²) in [5.74, 6) is 0.0833. The van der Waals surface area contributed by atoms with E-state index >= 15 is 0 Å². The molecule has 3 N–H and O–H groups in total. The van der Waals surface area contributed by atoms with Gasteiger partial charge in [0.05, 0.1) is 5.02 Å². The number of aromatic hydroxyl groups is 1. The molecule has 0 fully saturated rings. The van der Waals surface area contributed by atoms with Crippen LogP contribution in [0.3, 0.4) is 0 Å². The van der Waals surface area contributed by atoms with Gasteiger partial charge in [-0.05, 0) is 30.5 Å². The van der Waals surface area contributed by atoms with Gasteiger partial charge in [0.1, 0.15) is 5.75 Å².